The molecule has 2 aromatic heterocycles. The van der Waals surface area contributed by atoms with Crippen molar-refractivity contribution in [2.24, 2.45) is 0 Å². The van der Waals surface area contributed by atoms with Crippen LogP contribution < -0.4 is 10.6 Å². The van der Waals surface area contributed by atoms with Crippen molar-refractivity contribution < 1.29 is 0 Å². The summed E-state index contributed by atoms with van der Waals surface area (Å²) in [5.41, 5.74) is 3.84. The number of anilines is 4. The van der Waals surface area contributed by atoms with E-state index in [1.165, 1.54) is 0 Å². The Bertz CT molecular complexity index is 1030. The molecule has 2 heterocycles. The minimum Gasteiger partial charge on any atom is -0.337 e. The molecule has 0 atom stereocenters. The average molecular weight is 328 g/mol. The third kappa shape index (κ3) is 3.37. The Kier molecular flexibility index (Phi) is 3.92. The van der Waals surface area contributed by atoms with Crippen molar-refractivity contribution in [3.63, 3.8) is 0 Å². The predicted octanol–water partition coefficient (Wildman–Crippen LogP) is 4.22. The van der Waals surface area contributed by atoms with E-state index in [0.717, 1.165) is 27.8 Å². The molecule has 122 valence electrons. The van der Waals surface area contributed by atoms with Gasteiger partial charge in [-0.1, -0.05) is 30.3 Å². The van der Waals surface area contributed by atoms with Gasteiger partial charge in [-0.2, -0.15) is 10.1 Å². The summed E-state index contributed by atoms with van der Waals surface area (Å²) < 4.78 is 0. The molecule has 0 saturated heterocycles. The van der Waals surface area contributed by atoms with Gasteiger partial charge in [-0.05, 0) is 36.8 Å². The molecule has 4 aromatic rings. The van der Waals surface area contributed by atoms with Crippen molar-refractivity contribution in [1.29, 1.82) is 0 Å². The number of aryl methyl sites for hydroxylation is 1. The molecule has 0 fully saturated rings. The first kappa shape index (κ1) is 15.0. The predicted molar refractivity (Wildman–Crippen MR) is 99.3 cm³/mol. The fraction of sp³-hybridized carbons (Fsp3) is 0.0526. The van der Waals surface area contributed by atoms with Gasteiger partial charge in [0.25, 0.3) is 0 Å². The lowest BCUT2D eigenvalue weighted by Crippen LogP contribution is -2.03. The maximum atomic E-state index is 4.48. The van der Waals surface area contributed by atoms with E-state index >= 15 is 0 Å². The molecule has 0 radical (unpaired) electrons. The second-order valence-corrected chi connectivity index (χ2v) is 5.67. The summed E-state index contributed by atoms with van der Waals surface area (Å²) in [6.45, 7) is 2.04. The molecule has 6 heteroatoms. The fourth-order valence-electron chi connectivity index (χ4n) is 2.61. The average Bonchev–Trinajstić information content (AvgIpc) is 2.62. The standard InChI is InChI=1S/C19H16N6/c1-13-5-2-8-15(11-13)22-19-24-17(12-21-25-19)23-16-9-3-6-14-7-4-10-20-18(14)16/h2-12H,1H3,(H2,22,23,24,25). The first-order valence-electron chi connectivity index (χ1n) is 7.92. The van der Waals surface area contributed by atoms with Crippen LogP contribution in [0.3, 0.4) is 0 Å². The van der Waals surface area contributed by atoms with Crippen LogP contribution >= 0.6 is 0 Å². The zero-order valence-corrected chi connectivity index (χ0v) is 13.6. The molecule has 0 amide bonds. The molecule has 6 nitrogen and oxygen atoms in total. The van der Waals surface area contributed by atoms with E-state index in [9.17, 15) is 0 Å². The van der Waals surface area contributed by atoms with Crippen LogP contribution in [-0.4, -0.2) is 20.2 Å². The summed E-state index contributed by atoms with van der Waals surface area (Å²) in [6, 6.07) is 17.9. The first-order chi connectivity index (χ1) is 12.3. The summed E-state index contributed by atoms with van der Waals surface area (Å²) in [5.74, 6) is 1.03. The Hall–Kier alpha value is -3.54. The molecule has 0 spiro atoms. The number of nitrogens with zero attached hydrogens (tertiary/aromatic N) is 4. The van der Waals surface area contributed by atoms with E-state index in [4.69, 9.17) is 0 Å². The largest absolute Gasteiger partial charge is 0.337 e. The van der Waals surface area contributed by atoms with Crippen molar-refractivity contribution in [3.05, 3.63) is 72.6 Å². The molecule has 2 aromatic carbocycles. The van der Waals surface area contributed by atoms with E-state index in [1.54, 1.807) is 12.4 Å². The second kappa shape index (κ2) is 6.52. The highest BCUT2D eigenvalue weighted by atomic mass is 15.3. The molecular weight excluding hydrogens is 312 g/mol. The topological polar surface area (TPSA) is 75.6 Å². The molecule has 0 aliphatic heterocycles. The van der Waals surface area contributed by atoms with Crippen LogP contribution in [0.4, 0.5) is 23.1 Å². The number of aromatic nitrogens is 4. The van der Waals surface area contributed by atoms with Gasteiger partial charge < -0.3 is 10.6 Å². The van der Waals surface area contributed by atoms with Crippen LogP contribution in [0.2, 0.25) is 0 Å². The molecular formula is C19H16N6. The van der Waals surface area contributed by atoms with Gasteiger partial charge in [0.15, 0.2) is 5.82 Å². The van der Waals surface area contributed by atoms with Gasteiger partial charge in [0.1, 0.15) is 0 Å². The molecule has 0 saturated carbocycles. The lowest BCUT2D eigenvalue weighted by molar-refractivity contribution is 0.982. The Morgan fingerprint density at radius 2 is 1.80 bits per heavy atom. The van der Waals surface area contributed by atoms with Crippen molar-refractivity contribution in [2.45, 2.75) is 6.92 Å². The molecule has 0 aliphatic rings. The van der Waals surface area contributed by atoms with Crippen molar-refractivity contribution in [2.75, 3.05) is 10.6 Å². The van der Waals surface area contributed by atoms with Crippen LogP contribution in [-0.2, 0) is 0 Å². The Balaban J connectivity index is 1.61. The number of benzene rings is 2. The second-order valence-electron chi connectivity index (χ2n) is 5.67. The van der Waals surface area contributed by atoms with Gasteiger partial charge in [-0.25, -0.2) is 0 Å². The minimum atomic E-state index is 0.434. The molecule has 2 N–H and O–H groups in total. The smallest absolute Gasteiger partial charge is 0.249 e. The highest BCUT2D eigenvalue weighted by Crippen LogP contribution is 2.24. The van der Waals surface area contributed by atoms with Gasteiger partial charge in [0.2, 0.25) is 5.95 Å². The zero-order valence-electron chi connectivity index (χ0n) is 13.6. The number of hydrogen-bond donors (Lipinski definition) is 2. The van der Waals surface area contributed by atoms with Gasteiger partial charge >= 0.3 is 0 Å². The van der Waals surface area contributed by atoms with E-state index in [2.05, 4.69) is 30.8 Å². The Morgan fingerprint density at radius 1 is 0.920 bits per heavy atom. The summed E-state index contributed by atoms with van der Waals surface area (Å²) in [4.78, 5) is 8.91. The highest BCUT2D eigenvalue weighted by Gasteiger charge is 2.05. The highest BCUT2D eigenvalue weighted by molar-refractivity contribution is 5.91. The number of para-hydroxylation sites is 1. The number of pyridine rings is 1. The lowest BCUT2D eigenvalue weighted by atomic mass is 10.2. The number of fused-ring (bicyclic) bond motifs is 1. The van der Waals surface area contributed by atoms with Crippen LogP contribution in [0.5, 0.6) is 0 Å². The van der Waals surface area contributed by atoms with Gasteiger partial charge in [0.05, 0.1) is 17.4 Å². The van der Waals surface area contributed by atoms with Gasteiger partial charge in [-0.3, -0.25) is 4.98 Å². The van der Waals surface area contributed by atoms with Crippen molar-refractivity contribution in [3.8, 4) is 0 Å². The number of nitrogens with one attached hydrogen (secondary N) is 2. The molecule has 0 unspecified atom stereocenters. The van der Waals surface area contributed by atoms with Crippen LogP contribution in [0.25, 0.3) is 10.9 Å². The quantitative estimate of drug-likeness (QED) is 0.584. The molecule has 25 heavy (non-hydrogen) atoms. The van der Waals surface area contributed by atoms with E-state index in [0.29, 0.717) is 11.8 Å². The zero-order chi connectivity index (χ0) is 17.1. The maximum Gasteiger partial charge on any atom is 0.249 e. The summed E-state index contributed by atoms with van der Waals surface area (Å²) in [6.07, 6.45) is 3.36. The summed E-state index contributed by atoms with van der Waals surface area (Å²) in [7, 11) is 0. The maximum absolute atomic E-state index is 4.48. The van der Waals surface area contributed by atoms with Crippen LogP contribution in [0.1, 0.15) is 5.56 Å². The first-order valence-corrected chi connectivity index (χ1v) is 7.92. The lowest BCUT2D eigenvalue weighted by Gasteiger charge is -2.09. The van der Waals surface area contributed by atoms with Crippen LogP contribution in [0.15, 0.2) is 67.0 Å². The van der Waals surface area contributed by atoms with E-state index in [1.807, 2.05) is 61.5 Å². The third-order valence-electron chi connectivity index (χ3n) is 3.73. The Morgan fingerprint density at radius 3 is 2.72 bits per heavy atom. The van der Waals surface area contributed by atoms with E-state index in [-0.39, 0.29) is 0 Å². The van der Waals surface area contributed by atoms with E-state index < -0.39 is 0 Å². The monoisotopic (exact) mass is 328 g/mol. The fourth-order valence-corrected chi connectivity index (χ4v) is 2.61. The molecule has 4 rings (SSSR count). The molecule has 0 bridgehead atoms. The number of rotatable bonds is 4. The van der Waals surface area contributed by atoms with Gasteiger partial charge in [0, 0.05) is 17.3 Å². The minimum absolute atomic E-state index is 0.434. The van der Waals surface area contributed by atoms with Crippen LogP contribution in [0, 0.1) is 6.92 Å². The SMILES string of the molecule is Cc1cccc(Nc2nncc(Nc3cccc4cccnc34)n2)c1. The Labute approximate surface area is 145 Å². The molecule has 0 aliphatic carbocycles. The van der Waals surface area contributed by atoms with Crippen molar-refractivity contribution >= 4 is 34.0 Å². The number of hydrogen-bond acceptors (Lipinski definition) is 6. The van der Waals surface area contributed by atoms with Crippen molar-refractivity contribution in [1.82, 2.24) is 20.2 Å². The normalized spacial score (nSPS) is 10.6. The summed E-state index contributed by atoms with van der Waals surface area (Å²) >= 11 is 0. The van der Waals surface area contributed by atoms with Gasteiger partial charge in [-0.15, -0.1) is 5.10 Å². The third-order valence-corrected chi connectivity index (χ3v) is 3.73. The summed E-state index contributed by atoms with van der Waals surface area (Å²) in [5, 5.41) is 15.6.